The van der Waals surface area contributed by atoms with Gasteiger partial charge >= 0.3 is 0 Å². The highest BCUT2D eigenvalue weighted by Crippen LogP contribution is 2.21. The molecule has 0 aromatic carbocycles. The van der Waals surface area contributed by atoms with E-state index in [9.17, 15) is 14.4 Å². The zero-order valence-electron chi connectivity index (χ0n) is 15.7. The molecule has 3 amide bonds. The average molecular weight is 363 g/mol. The van der Waals surface area contributed by atoms with Crippen molar-refractivity contribution >= 4 is 17.7 Å². The number of likely N-dealkylation sites (tertiary alicyclic amines) is 1. The fraction of sp³-hybridized carbons (Fsp3) is 0.632. The van der Waals surface area contributed by atoms with Crippen LogP contribution in [0.25, 0.3) is 0 Å². The normalized spacial score (nSPS) is 17.0. The minimum absolute atomic E-state index is 0.00756. The molecule has 0 aliphatic carbocycles. The van der Waals surface area contributed by atoms with Gasteiger partial charge in [0.2, 0.25) is 17.7 Å². The van der Waals surface area contributed by atoms with Gasteiger partial charge in [-0.15, -0.1) is 0 Å². The van der Waals surface area contributed by atoms with Crippen LogP contribution in [0.4, 0.5) is 0 Å². The molecule has 0 spiro atoms. The van der Waals surface area contributed by atoms with E-state index in [0.717, 1.165) is 37.3 Å². The Labute approximate surface area is 154 Å². The Kier molecular flexibility index (Phi) is 7.69. The first-order valence-electron chi connectivity index (χ1n) is 9.28. The van der Waals surface area contributed by atoms with Crippen LogP contribution in [0.15, 0.2) is 16.5 Å². The molecule has 1 aromatic rings. The van der Waals surface area contributed by atoms with Gasteiger partial charge in [-0.1, -0.05) is 0 Å². The van der Waals surface area contributed by atoms with Crippen LogP contribution in [0.1, 0.15) is 50.5 Å². The van der Waals surface area contributed by atoms with Crippen molar-refractivity contribution in [1.29, 1.82) is 0 Å². The molecule has 2 heterocycles. The fourth-order valence-corrected chi connectivity index (χ4v) is 3.22. The van der Waals surface area contributed by atoms with Gasteiger partial charge in [0.1, 0.15) is 11.5 Å². The molecule has 1 fully saturated rings. The summed E-state index contributed by atoms with van der Waals surface area (Å²) < 4.78 is 5.43. The number of carbonyl (C=O) groups is 3. The molecule has 2 rings (SSSR count). The van der Waals surface area contributed by atoms with E-state index < -0.39 is 0 Å². The van der Waals surface area contributed by atoms with Crippen LogP contribution in [0.2, 0.25) is 0 Å². The third-order valence-corrected chi connectivity index (χ3v) is 4.62. The molecule has 0 bridgehead atoms. The zero-order valence-corrected chi connectivity index (χ0v) is 15.7. The molecule has 1 unspecified atom stereocenters. The molecule has 1 saturated heterocycles. The van der Waals surface area contributed by atoms with Crippen LogP contribution < -0.4 is 10.6 Å². The summed E-state index contributed by atoms with van der Waals surface area (Å²) in [4.78, 5) is 37.0. The molecule has 0 radical (unpaired) electrons. The lowest BCUT2D eigenvalue weighted by molar-refractivity contribution is -0.133. The number of hydrogen-bond acceptors (Lipinski definition) is 4. The molecule has 1 aromatic heterocycles. The maximum Gasteiger partial charge on any atom is 0.224 e. The predicted octanol–water partition coefficient (Wildman–Crippen LogP) is 1.75. The van der Waals surface area contributed by atoms with Crippen molar-refractivity contribution in [3.63, 3.8) is 0 Å². The number of hydrogen-bond donors (Lipinski definition) is 2. The van der Waals surface area contributed by atoms with Gasteiger partial charge in [-0.05, 0) is 44.2 Å². The maximum absolute atomic E-state index is 12.2. The Bertz CT molecular complexity index is 626. The van der Waals surface area contributed by atoms with E-state index in [0.29, 0.717) is 38.4 Å². The summed E-state index contributed by atoms with van der Waals surface area (Å²) in [6, 6.07) is 3.74. The van der Waals surface area contributed by atoms with Crippen LogP contribution in [-0.2, 0) is 20.9 Å². The van der Waals surface area contributed by atoms with Gasteiger partial charge < -0.3 is 20.0 Å². The first-order chi connectivity index (χ1) is 12.4. The van der Waals surface area contributed by atoms with E-state index in [1.165, 1.54) is 6.92 Å². The summed E-state index contributed by atoms with van der Waals surface area (Å²) in [6.45, 7) is 5.56. The second-order valence-electron chi connectivity index (χ2n) is 6.91. The largest absolute Gasteiger partial charge is 0.465 e. The number of aryl methyl sites for hydroxylation is 1. The van der Waals surface area contributed by atoms with Gasteiger partial charge in [-0.25, -0.2) is 0 Å². The van der Waals surface area contributed by atoms with Crippen LogP contribution >= 0.6 is 0 Å². The Balaban J connectivity index is 1.66. The molecular formula is C19H29N3O4. The van der Waals surface area contributed by atoms with Crippen molar-refractivity contribution in [3.8, 4) is 0 Å². The number of nitrogens with one attached hydrogen (secondary N) is 2. The monoisotopic (exact) mass is 363 g/mol. The Morgan fingerprint density at radius 3 is 2.73 bits per heavy atom. The standard InChI is InChI=1S/C19H29N3O4/c1-14-5-7-17(26-14)12-21-18(24)8-6-16-4-3-11-22(13-16)19(25)9-10-20-15(2)23/h5,7,16H,3-4,6,8-13H2,1-2H3,(H,20,23)(H,21,24). The fourth-order valence-electron chi connectivity index (χ4n) is 3.22. The highest BCUT2D eigenvalue weighted by atomic mass is 16.3. The molecule has 1 aliphatic heterocycles. The number of furan rings is 1. The highest BCUT2D eigenvalue weighted by Gasteiger charge is 2.23. The lowest BCUT2D eigenvalue weighted by atomic mass is 9.93. The Morgan fingerprint density at radius 2 is 2.04 bits per heavy atom. The second kappa shape index (κ2) is 9.99. The second-order valence-corrected chi connectivity index (χ2v) is 6.91. The van der Waals surface area contributed by atoms with E-state index in [1.807, 2.05) is 24.0 Å². The predicted molar refractivity (Wildman–Crippen MR) is 97.1 cm³/mol. The van der Waals surface area contributed by atoms with Gasteiger partial charge in [0.05, 0.1) is 6.54 Å². The van der Waals surface area contributed by atoms with Crippen molar-refractivity contribution in [1.82, 2.24) is 15.5 Å². The minimum atomic E-state index is -0.120. The van der Waals surface area contributed by atoms with E-state index in [1.54, 1.807) is 0 Å². The van der Waals surface area contributed by atoms with E-state index >= 15 is 0 Å². The molecule has 26 heavy (non-hydrogen) atoms. The summed E-state index contributed by atoms with van der Waals surface area (Å²) in [5, 5.41) is 5.52. The zero-order chi connectivity index (χ0) is 18.9. The molecular weight excluding hydrogens is 334 g/mol. The first-order valence-corrected chi connectivity index (χ1v) is 9.28. The molecule has 7 nitrogen and oxygen atoms in total. The topological polar surface area (TPSA) is 91.7 Å². The number of carbonyl (C=O) groups excluding carboxylic acids is 3. The van der Waals surface area contributed by atoms with Crippen molar-refractivity contribution in [2.75, 3.05) is 19.6 Å². The van der Waals surface area contributed by atoms with Gasteiger partial charge in [0, 0.05) is 39.4 Å². The van der Waals surface area contributed by atoms with Gasteiger partial charge in [-0.2, -0.15) is 0 Å². The number of nitrogens with zero attached hydrogens (tertiary/aromatic N) is 1. The summed E-state index contributed by atoms with van der Waals surface area (Å²) >= 11 is 0. The molecule has 1 aliphatic rings. The molecule has 7 heteroatoms. The van der Waals surface area contributed by atoms with E-state index in [2.05, 4.69) is 10.6 Å². The number of rotatable bonds is 8. The van der Waals surface area contributed by atoms with Gasteiger partial charge in [-0.3, -0.25) is 14.4 Å². The number of amides is 3. The third-order valence-electron chi connectivity index (χ3n) is 4.62. The van der Waals surface area contributed by atoms with Gasteiger partial charge in [0.25, 0.3) is 0 Å². The van der Waals surface area contributed by atoms with E-state index in [4.69, 9.17) is 4.42 Å². The van der Waals surface area contributed by atoms with Crippen LogP contribution in [0, 0.1) is 12.8 Å². The molecule has 1 atom stereocenters. The number of piperidine rings is 1. The highest BCUT2D eigenvalue weighted by molar-refractivity contribution is 5.78. The van der Waals surface area contributed by atoms with Crippen molar-refractivity contribution in [2.24, 2.45) is 5.92 Å². The maximum atomic E-state index is 12.2. The summed E-state index contributed by atoms with van der Waals surface area (Å²) in [5.74, 6) is 1.90. The first kappa shape index (κ1) is 20.0. The Hall–Kier alpha value is -2.31. The van der Waals surface area contributed by atoms with Crippen LogP contribution in [-0.4, -0.2) is 42.3 Å². The van der Waals surface area contributed by atoms with Crippen molar-refractivity contribution < 1.29 is 18.8 Å². The summed E-state index contributed by atoms with van der Waals surface area (Å²) in [6.07, 6.45) is 3.57. The lowest BCUT2D eigenvalue weighted by Gasteiger charge is -2.33. The van der Waals surface area contributed by atoms with Gasteiger partial charge in [0.15, 0.2) is 0 Å². The van der Waals surface area contributed by atoms with Crippen LogP contribution in [0.5, 0.6) is 0 Å². The summed E-state index contributed by atoms with van der Waals surface area (Å²) in [7, 11) is 0. The summed E-state index contributed by atoms with van der Waals surface area (Å²) in [5.41, 5.74) is 0. The molecule has 144 valence electrons. The quantitative estimate of drug-likeness (QED) is 0.736. The van der Waals surface area contributed by atoms with Crippen molar-refractivity contribution in [2.45, 2.75) is 52.5 Å². The van der Waals surface area contributed by atoms with Crippen molar-refractivity contribution in [3.05, 3.63) is 23.7 Å². The minimum Gasteiger partial charge on any atom is -0.465 e. The Morgan fingerprint density at radius 1 is 1.23 bits per heavy atom. The smallest absolute Gasteiger partial charge is 0.224 e. The third kappa shape index (κ3) is 6.90. The SMILES string of the molecule is CC(=O)NCCC(=O)N1CCCC(CCC(=O)NCc2ccc(C)o2)C1. The van der Waals surface area contributed by atoms with E-state index in [-0.39, 0.29) is 17.7 Å². The lowest BCUT2D eigenvalue weighted by Crippen LogP contribution is -2.41. The molecule has 2 N–H and O–H groups in total. The molecule has 0 saturated carbocycles. The van der Waals surface area contributed by atoms with Crippen LogP contribution in [0.3, 0.4) is 0 Å². The average Bonchev–Trinajstić information content (AvgIpc) is 3.03.